The summed E-state index contributed by atoms with van der Waals surface area (Å²) in [5, 5.41) is 14.1. The molecule has 1 aromatic carbocycles. The number of anilines is 1. The number of rotatable bonds is 7. The Hall–Kier alpha value is -2.04. The summed E-state index contributed by atoms with van der Waals surface area (Å²) in [7, 11) is 0. The second kappa shape index (κ2) is 8.19. The maximum atomic E-state index is 11.7. The van der Waals surface area contributed by atoms with Crippen LogP contribution in [0.3, 0.4) is 0 Å². The Labute approximate surface area is 119 Å². The molecular weight excluding hydrogens is 256 g/mol. The standard InChI is InChI=1S/C15H22N2O3/c1-3-12-7-9-13(10-8-12)17-15(20)16-11(2)5-4-6-14(18)19/h7-11H,3-6H2,1-2H3,(H,18,19)(H2,16,17,20). The fraction of sp³-hybridized carbons (Fsp3) is 0.467. The van der Waals surface area contributed by atoms with Crippen LogP contribution in [0, 0.1) is 0 Å². The summed E-state index contributed by atoms with van der Waals surface area (Å²) in [5.41, 5.74) is 1.97. The minimum atomic E-state index is -0.808. The average Bonchev–Trinajstić information content (AvgIpc) is 2.38. The highest BCUT2D eigenvalue weighted by atomic mass is 16.4. The Morgan fingerprint density at radius 3 is 2.45 bits per heavy atom. The zero-order valence-electron chi connectivity index (χ0n) is 12.0. The van der Waals surface area contributed by atoms with Gasteiger partial charge in [-0.1, -0.05) is 19.1 Å². The summed E-state index contributed by atoms with van der Waals surface area (Å²) in [5.74, 6) is -0.808. The molecule has 20 heavy (non-hydrogen) atoms. The van der Waals surface area contributed by atoms with E-state index in [-0.39, 0.29) is 18.5 Å². The third-order valence-corrected chi connectivity index (χ3v) is 3.03. The first-order valence-corrected chi connectivity index (χ1v) is 6.89. The molecule has 0 aliphatic carbocycles. The second-order valence-electron chi connectivity index (χ2n) is 4.84. The molecule has 5 nitrogen and oxygen atoms in total. The molecule has 0 heterocycles. The summed E-state index contributed by atoms with van der Waals surface area (Å²) in [6.45, 7) is 3.94. The van der Waals surface area contributed by atoms with Crippen molar-refractivity contribution in [3.05, 3.63) is 29.8 Å². The maximum Gasteiger partial charge on any atom is 0.319 e. The minimum absolute atomic E-state index is 0.0516. The molecule has 1 aromatic rings. The van der Waals surface area contributed by atoms with E-state index in [0.29, 0.717) is 12.8 Å². The van der Waals surface area contributed by atoms with Crippen LogP contribution in [0.2, 0.25) is 0 Å². The summed E-state index contributed by atoms with van der Waals surface area (Å²) in [6.07, 6.45) is 2.30. The zero-order valence-corrected chi connectivity index (χ0v) is 12.0. The van der Waals surface area contributed by atoms with Gasteiger partial charge >= 0.3 is 12.0 Å². The van der Waals surface area contributed by atoms with Gasteiger partial charge in [-0.05, 0) is 43.9 Å². The average molecular weight is 278 g/mol. The van der Waals surface area contributed by atoms with Crippen molar-refractivity contribution in [2.75, 3.05) is 5.32 Å². The van der Waals surface area contributed by atoms with Gasteiger partial charge in [-0.15, -0.1) is 0 Å². The molecule has 2 amide bonds. The predicted octanol–water partition coefficient (Wildman–Crippen LogP) is 3.01. The van der Waals surface area contributed by atoms with Crippen molar-refractivity contribution in [3.8, 4) is 0 Å². The number of hydrogen-bond acceptors (Lipinski definition) is 2. The van der Waals surface area contributed by atoms with E-state index in [1.807, 2.05) is 31.2 Å². The lowest BCUT2D eigenvalue weighted by Gasteiger charge is -2.14. The molecule has 0 spiro atoms. The lowest BCUT2D eigenvalue weighted by molar-refractivity contribution is -0.137. The first kappa shape index (κ1) is 16.0. The van der Waals surface area contributed by atoms with Gasteiger partial charge in [-0.3, -0.25) is 4.79 Å². The maximum absolute atomic E-state index is 11.7. The van der Waals surface area contributed by atoms with Crippen LogP contribution in [-0.4, -0.2) is 23.1 Å². The summed E-state index contributed by atoms with van der Waals surface area (Å²) >= 11 is 0. The van der Waals surface area contributed by atoms with Crippen LogP contribution in [0.25, 0.3) is 0 Å². The molecule has 0 bridgehead atoms. The van der Waals surface area contributed by atoms with E-state index in [2.05, 4.69) is 17.6 Å². The summed E-state index contributed by atoms with van der Waals surface area (Å²) in [4.78, 5) is 22.1. The first-order valence-electron chi connectivity index (χ1n) is 6.89. The van der Waals surface area contributed by atoms with Crippen LogP contribution >= 0.6 is 0 Å². The highest BCUT2D eigenvalue weighted by Crippen LogP contribution is 2.10. The quantitative estimate of drug-likeness (QED) is 0.717. The van der Waals surface area contributed by atoms with Gasteiger partial charge < -0.3 is 15.7 Å². The van der Waals surface area contributed by atoms with Gasteiger partial charge in [0, 0.05) is 18.2 Å². The molecule has 1 unspecified atom stereocenters. The number of amides is 2. The SMILES string of the molecule is CCc1ccc(NC(=O)NC(C)CCCC(=O)O)cc1. The summed E-state index contributed by atoms with van der Waals surface area (Å²) < 4.78 is 0. The smallest absolute Gasteiger partial charge is 0.319 e. The highest BCUT2D eigenvalue weighted by Gasteiger charge is 2.08. The van der Waals surface area contributed by atoms with Crippen molar-refractivity contribution >= 4 is 17.7 Å². The number of aryl methyl sites for hydroxylation is 1. The normalized spacial score (nSPS) is 11.7. The molecule has 1 rings (SSSR count). The molecule has 0 saturated carbocycles. The van der Waals surface area contributed by atoms with E-state index < -0.39 is 5.97 Å². The van der Waals surface area contributed by atoms with Gasteiger partial charge in [0.2, 0.25) is 0 Å². The van der Waals surface area contributed by atoms with Crippen molar-refractivity contribution in [2.45, 2.75) is 45.6 Å². The Balaban J connectivity index is 2.32. The fourth-order valence-electron chi connectivity index (χ4n) is 1.85. The monoisotopic (exact) mass is 278 g/mol. The van der Waals surface area contributed by atoms with Crippen molar-refractivity contribution in [3.63, 3.8) is 0 Å². The molecule has 0 aliphatic rings. The number of benzene rings is 1. The van der Waals surface area contributed by atoms with Crippen LogP contribution in [0.1, 0.15) is 38.7 Å². The van der Waals surface area contributed by atoms with Crippen LogP contribution in [0.15, 0.2) is 24.3 Å². The number of hydrogen-bond donors (Lipinski definition) is 3. The van der Waals surface area contributed by atoms with Gasteiger partial charge in [0.05, 0.1) is 0 Å². The molecule has 0 aromatic heterocycles. The number of nitrogens with one attached hydrogen (secondary N) is 2. The number of carbonyl (C=O) groups excluding carboxylic acids is 1. The van der Waals surface area contributed by atoms with Gasteiger partial charge in [0.25, 0.3) is 0 Å². The van der Waals surface area contributed by atoms with Gasteiger partial charge in [0.1, 0.15) is 0 Å². The van der Waals surface area contributed by atoms with E-state index in [4.69, 9.17) is 5.11 Å². The predicted molar refractivity (Wildman–Crippen MR) is 78.9 cm³/mol. The van der Waals surface area contributed by atoms with Crippen molar-refractivity contribution in [1.82, 2.24) is 5.32 Å². The Kier molecular flexibility index (Phi) is 6.56. The van der Waals surface area contributed by atoms with E-state index in [1.165, 1.54) is 5.56 Å². The number of aliphatic carboxylic acids is 1. The number of carbonyl (C=O) groups is 2. The Morgan fingerprint density at radius 1 is 1.25 bits per heavy atom. The zero-order chi connectivity index (χ0) is 15.0. The molecule has 3 N–H and O–H groups in total. The van der Waals surface area contributed by atoms with Gasteiger partial charge in [-0.2, -0.15) is 0 Å². The molecular formula is C15H22N2O3. The van der Waals surface area contributed by atoms with E-state index in [1.54, 1.807) is 0 Å². The number of carboxylic acids is 1. The Morgan fingerprint density at radius 2 is 1.90 bits per heavy atom. The van der Waals surface area contributed by atoms with E-state index in [9.17, 15) is 9.59 Å². The van der Waals surface area contributed by atoms with Crippen molar-refractivity contribution in [1.29, 1.82) is 0 Å². The minimum Gasteiger partial charge on any atom is -0.481 e. The second-order valence-corrected chi connectivity index (χ2v) is 4.84. The van der Waals surface area contributed by atoms with Crippen LogP contribution in [0.5, 0.6) is 0 Å². The Bertz CT molecular complexity index is 443. The molecule has 110 valence electrons. The van der Waals surface area contributed by atoms with E-state index >= 15 is 0 Å². The molecule has 5 heteroatoms. The number of carboxylic acid groups (broad SMARTS) is 1. The van der Waals surface area contributed by atoms with E-state index in [0.717, 1.165) is 12.1 Å². The van der Waals surface area contributed by atoms with Crippen molar-refractivity contribution in [2.24, 2.45) is 0 Å². The molecule has 0 radical (unpaired) electrons. The van der Waals surface area contributed by atoms with Gasteiger partial charge in [-0.25, -0.2) is 4.79 Å². The number of urea groups is 1. The lowest BCUT2D eigenvalue weighted by Crippen LogP contribution is -2.36. The van der Waals surface area contributed by atoms with Crippen LogP contribution < -0.4 is 10.6 Å². The molecule has 0 aliphatic heterocycles. The van der Waals surface area contributed by atoms with Crippen LogP contribution in [0.4, 0.5) is 10.5 Å². The van der Waals surface area contributed by atoms with Gasteiger partial charge in [0.15, 0.2) is 0 Å². The topological polar surface area (TPSA) is 78.4 Å². The van der Waals surface area contributed by atoms with Crippen molar-refractivity contribution < 1.29 is 14.7 Å². The largest absolute Gasteiger partial charge is 0.481 e. The van der Waals surface area contributed by atoms with Crippen LogP contribution in [-0.2, 0) is 11.2 Å². The highest BCUT2D eigenvalue weighted by molar-refractivity contribution is 5.89. The first-order chi connectivity index (χ1) is 9.51. The molecule has 0 saturated heterocycles. The third kappa shape index (κ3) is 6.22. The summed E-state index contributed by atoms with van der Waals surface area (Å²) in [6, 6.07) is 7.38. The fourth-order valence-corrected chi connectivity index (χ4v) is 1.85. The molecule has 1 atom stereocenters. The third-order valence-electron chi connectivity index (χ3n) is 3.03. The lowest BCUT2D eigenvalue weighted by atomic mass is 10.1. The molecule has 0 fully saturated rings.